The summed E-state index contributed by atoms with van der Waals surface area (Å²) in [6.07, 6.45) is 1.75. The number of methoxy groups -OCH3 is 1. The summed E-state index contributed by atoms with van der Waals surface area (Å²) in [5.74, 6) is -0.207. The van der Waals surface area contributed by atoms with Gasteiger partial charge in [0.25, 0.3) is 0 Å². The second-order valence-corrected chi connectivity index (χ2v) is 6.17. The Labute approximate surface area is 134 Å². The van der Waals surface area contributed by atoms with Crippen LogP contribution in [0.2, 0.25) is 0 Å². The molecule has 2 aromatic rings. The third kappa shape index (κ3) is 3.01. The summed E-state index contributed by atoms with van der Waals surface area (Å²) in [6, 6.07) is 5.25. The molecule has 0 saturated carbocycles. The summed E-state index contributed by atoms with van der Waals surface area (Å²) in [6.45, 7) is 5.41. The Morgan fingerprint density at radius 1 is 1.30 bits per heavy atom. The number of hydrogen-bond acceptors (Lipinski definition) is 5. The van der Waals surface area contributed by atoms with E-state index in [0.29, 0.717) is 12.1 Å². The van der Waals surface area contributed by atoms with Crippen LogP contribution in [0, 0.1) is 13.8 Å². The molecule has 0 radical (unpaired) electrons. The van der Waals surface area contributed by atoms with Crippen LogP contribution in [0.5, 0.6) is 0 Å². The molecule has 1 saturated heterocycles. The predicted molar refractivity (Wildman–Crippen MR) is 87.4 cm³/mol. The molecule has 2 heterocycles. The molecule has 23 heavy (non-hydrogen) atoms. The number of rotatable bonds is 3. The maximum Gasteiger partial charge on any atom is 0.336 e. The first-order chi connectivity index (χ1) is 11.0. The Morgan fingerprint density at radius 2 is 2.04 bits per heavy atom. The normalized spacial score (nSPS) is 18.5. The minimum atomic E-state index is -0.357. The monoisotopic (exact) mass is 315 g/mol. The number of fused-ring (bicyclic) bond motifs is 1. The maximum absolute atomic E-state index is 11.9. The van der Waals surface area contributed by atoms with Crippen molar-refractivity contribution in [2.45, 2.75) is 39.3 Å². The van der Waals surface area contributed by atoms with Gasteiger partial charge in [0, 0.05) is 18.0 Å². The maximum atomic E-state index is 11.9. The Balaban J connectivity index is 2.01. The lowest BCUT2D eigenvalue weighted by Gasteiger charge is -2.22. The fraction of sp³-hybridized carbons (Fsp3) is 0.444. The molecular weight excluding hydrogens is 294 g/mol. The number of aryl methyl sites for hydroxylation is 2. The largest absolute Gasteiger partial charge is 0.468 e. The average Bonchev–Trinajstić information content (AvgIpc) is 2.96. The molecule has 0 aliphatic carbocycles. The van der Waals surface area contributed by atoms with Gasteiger partial charge in [0.15, 0.2) is 0 Å². The first kappa shape index (κ1) is 15.7. The van der Waals surface area contributed by atoms with Crippen molar-refractivity contribution in [2.75, 3.05) is 13.7 Å². The van der Waals surface area contributed by atoms with Gasteiger partial charge < -0.3 is 9.15 Å². The molecule has 0 N–H and O–H groups in total. The number of nitrogens with zero attached hydrogens (tertiary/aromatic N) is 1. The number of carbonyl (C=O) groups is 1. The molecule has 1 fully saturated rings. The van der Waals surface area contributed by atoms with Gasteiger partial charge in [0.1, 0.15) is 11.6 Å². The Morgan fingerprint density at radius 3 is 2.78 bits per heavy atom. The van der Waals surface area contributed by atoms with Gasteiger partial charge in [0.2, 0.25) is 0 Å². The van der Waals surface area contributed by atoms with Crippen molar-refractivity contribution < 1.29 is 13.9 Å². The van der Waals surface area contributed by atoms with Crippen LogP contribution < -0.4 is 5.63 Å². The molecule has 1 aromatic carbocycles. The molecule has 0 spiro atoms. The zero-order valence-corrected chi connectivity index (χ0v) is 13.7. The first-order valence-corrected chi connectivity index (χ1v) is 7.85. The zero-order valence-electron chi connectivity index (χ0n) is 13.7. The number of likely N-dealkylation sites (tertiary alicyclic amines) is 1. The number of benzene rings is 1. The minimum absolute atomic E-state index is 0.207. The summed E-state index contributed by atoms with van der Waals surface area (Å²) in [5, 5.41) is 0.934. The van der Waals surface area contributed by atoms with E-state index in [1.807, 2.05) is 26.0 Å². The third-order valence-corrected chi connectivity index (χ3v) is 4.65. The SMILES string of the molecule is COC(=O)C1CCCN1Cc1cc(=O)oc2cc(C)c(C)cc12. The molecule has 5 nitrogen and oxygen atoms in total. The van der Waals surface area contributed by atoms with E-state index in [1.54, 1.807) is 0 Å². The molecule has 122 valence electrons. The Bertz CT molecular complexity index is 809. The van der Waals surface area contributed by atoms with Gasteiger partial charge >= 0.3 is 11.6 Å². The summed E-state index contributed by atoms with van der Waals surface area (Å²) in [5.41, 5.74) is 3.38. The predicted octanol–water partition coefficient (Wildman–Crippen LogP) is 2.55. The fourth-order valence-corrected chi connectivity index (χ4v) is 3.25. The van der Waals surface area contributed by atoms with Gasteiger partial charge in [-0.15, -0.1) is 0 Å². The number of ether oxygens (including phenoxy) is 1. The molecule has 1 atom stereocenters. The molecule has 5 heteroatoms. The van der Waals surface area contributed by atoms with E-state index >= 15 is 0 Å². The van der Waals surface area contributed by atoms with Crippen LogP contribution in [-0.4, -0.2) is 30.6 Å². The van der Waals surface area contributed by atoms with Crippen LogP contribution in [0.3, 0.4) is 0 Å². The molecule has 0 amide bonds. The van der Waals surface area contributed by atoms with Crippen molar-refractivity contribution in [1.29, 1.82) is 0 Å². The highest BCUT2D eigenvalue weighted by atomic mass is 16.5. The molecule has 3 rings (SSSR count). The van der Waals surface area contributed by atoms with Gasteiger partial charge in [-0.2, -0.15) is 0 Å². The van der Waals surface area contributed by atoms with E-state index in [2.05, 4.69) is 4.90 Å². The zero-order chi connectivity index (χ0) is 16.6. The van der Waals surface area contributed by atoms with E-state index < -0.39 is 0 Å². The molecule has 0 bridgehead atoms. The van der Waals surface area contributed by atoms with Gasteiger partial charge in [-0.25, -0.2) is 4.79 Å². The highest BCUT2D eigenvalue weighted by Crippen LogP contribution is 2.26. The molecule has 1 aromatic heterocycles. The second kappa shape index (κ2) is 6.16. The van der Waals surface area contributed by atoms with Crippen molar-refractivity contribution in [3.05, 3.63) is 45.3 Å². The van der Waals surface area contributed by atoms with E-state index in [0.717, 1.165) is 41.5 Å². The highest BCUT2D eigenvalue weighted by molar-refractivity contribution is 5.82. The van der Waals surface area contributed by atoms with Crippen molar-refractivity contribution >= 4 is 16.9 Å². The lowest BCUT2D eigenvalue weighted by molar-refractivity contribution is -0.146. The Kier molecular flexibility index (Phi) is 4.22. The molecular formula is C18H21NO4. The van der Waals surface area contributed by atoms with Gasteiger partial charge in [0.05, 0.1) is 7.11 Å². The summed E-state index contributed by atoms with van der Waals surface area (Å²) in [4.78, 5) is 25.8. The first-order valence-electron chi connectivity index (χ1n) is 7.85. The molecule has 1 unspecified atom stereocenters. The van der Waals surface area contributed by atoms with Crippen molar-refractivity contribution in [3.63, 3.8) is 0 Å². The van der Waals surface area contributed by atoms with Crippen LogP contribution >= 0.6 is 0 Å². The fourth-order valence-electron chi connectivity index (χ4n) is 3.25. The average molecular weight is 315 g/mol. The Hall–Kier alpha value is -2.14. The number of esters is 1. The van der Waals surface area contributed by atoms with Crippen LogP contribution in [0.15, 0.2) is 27.4 Å². The molecule has 1 aliphatic rings. The summed E-state index contributed by atoms with van der Waals surface area (Å²) >= 11 is 0. The highest BCUT2D eigenvalue weighted by Gasteiger charge is 2.31. The van der Waals surface area contributed by atoms with Gasteiger partial charge in [-0.1, -0.05) is 0 Å². The van der Waals surface area contributed by atoms with E-state index in [1.165, 1.54) is 13.2 Å². The topological polar surface area (TPSA) is 59.8 Å². The summed E-state index contributed by atoms with van der Waals surface area (Å²) < 4.78 is 10.2. The molecule has 1 aliphatic heterocycles. The van der Waals surface area contributed by atoms with Crippen molar-refractivity contribution in [3.8, 4) is 0 Å². The standard InChI is InChI=1S/C18H21NO4/c1-11-7-14-13(9-17(20)23-16(14)8-12(11)2)10-19-6-4-5-15(19)18(21)22-3/h7-9,15H,4-6,10H2,1-3H3. The van der Waals surface area contributed by atoms with Crippen molar-refractivity contribution in [1.82, 2.24) is 4.90 Å². The lowest BCUT2D eigenvalue weighted by atomic mass is 10.0. The van der Waals surface area contributed by atoms with Crippen LogP contribution in [0.4, 0.5) is 0 Å². The lowest BCUT2D eigenvalue weighted by Crippen LogP contribution is -2.36. The smallest absolute Gasteiger partial charge is 0.336 e. The quantitative estimate of drug-likeness (QED) is 0.643. The van der Waals surface area contributed by atoms with E-state index in [4.69, 9.17) is 9.15 Å². The van der Waals surface area contributed by atoms with E-state index in [9.17, 15) is 9.59 Å². The van der Waals surface area contributed by atoms with Gasteiger partial charge in [-0.3, -0.25) is 9.69 Å². The van der Waals surface area contributed by atoms with Crippen LogP contribution in [0.1, 0.15) is 29.5 Å². The van der Waals surface area contributed by atoms with Crippen LogP contribution in [0.25, 0.3) is 11.0 Å². The second-order valence-electron chi connectivity index (χ2n) is 6.17. The number of hydrogen-bond donors (Lipinski definition) is 0. The third-order valence-electron chi connectivity index (χ3n) is 4.65. The van der Waals surface area contributed by atoms with Gasteiger partial charge in [-0.05, 0) is 62.1 Å². The minimum Gasteiger partial charge on any atom is -0.468 e. The summed E-state index contributed by atoms with van der Waals surface area (Å²) in [7, 11) is 1.41. The van der Waals surface area contributed by atoms with Crippen LogP contribution in [-0.2, 0) is 16.1 Å². The van der Waals surface area contributed by atoms with E-state index in [-0.39, 0.29) is 17.6 Å². The number of carbonyl (C=O) groups excluding carboxylic acids is 1. The van der Waals surface area contributed by atoms with Crippen molar-refractivity contribution in [2.24, 2.45) is 0 Å².